The van der Waals surface area contributed by atoms with Gasteiger partial charge in [-0.15, -0.1) is 10.2 Å². The Bertz CT molecular complexity index is 814. The van der Waals surface area contributed by atoms with Crippen molar-refractivity contribution in [2.75, 3.05) is 17.7 Å². The monoisotopic (exact) mass is 299 g/mol. The first kappa shape index (κ1) is 13.4. The van der Waals surface area contributed by atoms with Crippen molar-refractivity contribution in [1.82, 2.24) is 15.2 Å². The number of hydrogen-bond acceptors (Lipinski definition) is 6. The highest BCUT2D eigenvalue weighted by Crippen LogP contribution is 2.23. The number of anilines is 2. The minimum atomic E-state index is -0.298. The van der Waals surface area contributed by atoms with Gasteiger partial charge in [0.05, 0.1) is 0 Å². The van der Waals surface area contributed by atoms with Crippen molar-refractivity contribution in [3.05, 3.63) is 41.0 Å². The molecule has 7 heteroatoms. The first-order chi connectivity index (χ1) is 10.2. The third-order valence-corrected chi connectivity index (χ3v) is 3.71. The van der Waals surface area contributed by atoms with Crippen molar-refractivity contribution in [3.8, 4) is 0 Å². The van der Waals surface area contributed by atoms with E-state index in [0.29, 0.717) is 16.6 Å². The van der Waals surface area contributed by atoms with Crippen LogP contribution in [0.2, 0.25) is 0 Å². The first-order valence-electron chi connectivity index (χ1n) is 6.36. The molecular weight excluding hydrogens is 286 g/mol. The lowest BCUT2D eigenvalue weighted by Gasteiger charge is -2.08. The van der Waals surface area contributed by atoms with E-state index in [9.17, 15) is 4.79 Å². The minimum absolute atomic E-state index is 0.298. The number of aromatic nitrogens is 3. The second-order valence-electron chi connectivity index (χ2n) is 4.41. The molecule has 0 bridgehead atoms. The van der Waals surface area contributed by atoms with Crippen LogP contribution in [0.25, 0.3) is 10.8 Å². The smallest absolute Gasteiger partial charge is 0.276 e. The molecule has 0 radical (unpaired) electrons. The Morgan fingerprint density at radius 3 is 2.76 bits per heavy atom. The van der Waals surface area contributed by atoms with Crippen molar-refractivity contribution in [2.45, 2.75) is 6.92 Å². The van der Waals surface area contributed by atoms with Gasteiger partial charge in [-0.3, -0.25) is 10.1 Å². The van der Waals surface area contributed by atoms with E-state index in [0.717, 1.165) is 15.8 Å². The van der Waals surface area contributed by atoms with Crippen molar-refractivity contribution in [1.29, 1.82) is 0 Å². The molecule has 3 rings (SSSR count). The third-order valence-electron chi connectivity index (χ3n) is 2.96. The lowest BCUT2D eigenvalue weighted by Crippen LogP contribution is -2.14. The van der Waals surface area contributed by atoms with Gasteiger partial charge in [0.25, 0.3) is 5.91 Å². The van der Waals surface area contributed by atoms with Gasteiger partial charge in [-0.05, 0) is 18.4 Å². The van der Waals surface area contributed by atoms with Crippen LogP contribution >= 0.6 is 11.3 Å². The summed E-state index contributed by atoms with van der Waals surface area (Å²) in [6, 6.07) is 9.54. The van der Waals surface area contributed by atoms with Gasteiger partial charge in [0.15, 0.2) is 0 Å². The summed E-state index contributed by atoms with van der Waals surface area (Å²) in [5.74, 6) is 0.375. The Morgan fingerprint density at radius 1 is 1.24 bits per heavy atom. The molecule has 0 spiro atoms. The van der Waals surface area contributed by atoms with E-state index in [1.165, 1.54) is 11.3 Å². The molecule has 2 aromatic heterocycles. The number of rotatable bonds is 3. The number of hydrogen-bond donors (Lipinski definition) is 2. The summed E-state index contributed by atoms with van der Waals surface area (Å²) in [5.41, 5.74) is 0.339. The van der Waals surface area contributed by atoms with Crippen molar-refractivity contribution in [2.24, 2.45) is 0 Å². The summed E-state index contributed by atoms with van der Waals surface area (Å²) < 4.78 is 0. The topological polar surface area (TPSA) is 79.8 Å². The summed E-state index contributed by atoms with van der Waals surface area (Å²) in [7, 11) is 1.78. The fraction of sp³-hybridized carbons (Fsp3) is 0.143. The Morgan fingerprint density at radius 2 is 2.05 bits per heavy atom. The van der Waals surface area contributed by atoms with Gasteiger partial charge in [0.1, 0.15) is 16.5 Å². The molecule has 0 saturated carbocycles. The fourth-order valence-corrected chi connectivity index (χ4v) is 2.60. The normalized spacial score (nSPS) is 10.6. The lowest BCUT2D eigenvalue weighted by atomic mass is 10.1. The fourth-order valence-electron chi connectivity index (χ4n) is 2.01. The van der Waals surface area contributed by atoms with Crippen molar-refractivity contribution >= 4 is 39.0 Å². The van der Waals surface area contributed by atoms with E-state index < -0.39 is 0 Å². The molecule has 1 aromatic carbocycles. The zero-order valence-electron chi connectivity index (χ0n) is 11.5. The number of pyridine rings is 1. The number of amides is 1. The van der Waals surface area contributed by atoms with E-state index in [4.69, 9.17) is 0 Å². The lowest BCUT2D eigenvalue weighted by molar-refractivity contribution is 0.102. The molecule has 0 unspecified atom stereocenters. The quantitative estimate of drug-likeness (QED) is 0.777. The highest BCUT2D eigenvalue weighted by Gasteiger charge is 2.13. The average Bonchev–Trinajstić information content (AvgIpc) is 2.91. The van der Waals surface area contributed by atoms with Crippen LogP contribution in [0.5, 0.6) is 0 Å². The summed E-state index contributed by atoms with van der Waals surface area (Å²) in [5, 5.41) is 16.7. The third kappa shape index (κ3) is 2.68. The highest BCUT2D eigenvalue weighted by molar-refractivity contribution is 7.15. The predicted molar refractivity (Wildman–Crippen MR) is 83.9 cm³/mol. The molecule has 106 valence electrons. The van der Waals surface area contributed by atoms with Crippen molar-refractivity contribution < 1.29 is 4.79 Å². The van der Waals surface area contributed by atoms with Crippen LogP contribution in [-0.4, -0.2) is 28.1 Å². The first-order valence-corrected chi connectivity index (χ1v) is 7.18. The number of carbonyl (C=O) groups is 1. The Balaban J connectivity index is 1.98. The molecule has 0 saturated heterocycles. The van der Waals surface area contributed by atoms with Crippen LogP contribution in [0.3, 0.4) is 0 Å². The zero-order valence-corrected chi connectivity index (χ0v) is 12.4. The molecule has 0 aliphatic rings. The Kier molecular flexibility index (Phi) is 3.49. The molecule has 0 aliphatic heterocycles. The van der Waals surface area contributed by atoms with Crippen LogP contribution in [0.15, 0.2) is 30.3 Å². The van der Waals surface area contributed by atoms with Gasteiger partial charge in [0.2, 0.25) is 5.13 Å². The second-order valence-corrected chi connectivity index (χ2v) is 5.59. The second kappa shape index (κ2) is 5.45. The molecule has 0 aliphatic carbocycles. The van der Waals surface area contributed by atoms with Crippen LogP contribution in [0, 0.1) is 6.92 Å². The molecule has 6 nitrogen and oxygen atoms in total. The molecule has 1 amide bonds. The van der Waals surface area contributed by atoms with Gasteiger partial charge < -0.3 is 5.32 Å². The Labute approximate surface area is 125 Å². The molecule has 2 N–H and O–H groups in total. The molecule has 3 aromatic rings. The summed E-state index contributed by atoms with van der Waals surface area (Å²) in [4.78, 5) is 16.6. The number of aryl methyl sites for hydroxylation is 1. The highest BCUT2D eigenvalue weighted by atomic mass is 32.1. The minimum Gasteiger partial charge on any atom is -0.373 e. The Hall–Kier alpha value is -2.54. The van der Waals surface area contributed by atoms with Gasteiger partial charge in [-0.1, -0.05) is 35.6 Å². The molecule has 0 fully saturated rings. The molecule has 2 heterocycles. The van der Waals surface area contributed by atoms with Crippen molar-refractivity contribution in [3.63, 3.8) is 0 Å². The maximum Gasteiger partial charge on any atom is 0.276 e. The summed E-state index contributed by atoms with van der Waals surface area (Å²) in [6.07, 6.45) is 0. The predicted octanol–water partition coefficient (Wildman–Crippen LogP) is 2.69. The van der Waals surface area contributed by atoms with E-state index >= 15 is 0 Å². The number of fused-ring (bicyclic) bond motifs is 1. The van der Waals surface area contributed by atoms with Crippen LogP contribution in [-0.2, 0) is 0 Å². The maximum absolute atomic E-state index is 12.3. The molecule has 0 atom stereocenters. The molecular formula is C14H13N5OS. The van der Waals surface area contributed by atoms with E-state index in [1.54, 1.807) is 13.1 Å². The SMILES string of the molecule is CNc1nc(C(=O)Nc2nnc(C)s2)cc2ccccc12. The summed E-state index contributed by atoms with van der Waals surface area (Å²) >= 11 is 1.33. The van der Waals surface area contributed by atoms with Gasteiger partial charge in [-0.25, -0.2) is 4.98 Å². The standard InChI is InChI=1S/C14H13N5OS/c1-8-18-19-14(21-8)17-13(20)11-7-9-5-3-4-6-10(9)12(15-2)16-11/h3-7H,1-2H3,(H,15,16)(H,17,19,20). The average molecular weight is 299 g/mol. The number of benzene rings is 1. The van der Waals surface area contributed by atoms with Gasteiger partial charge in [-0.2, -0.15) is 0 Å². The molecule has 21 heavy (non-hydrogen) atoms. The zero-order chi connectivity index (χ0) is 14.8. The maximum atomic E-state index is 12.3. The van der Waals surface area contributed by atoms with Gasteiger partial charge >= 0.3 is 0 Å². The van der Waals surface area contributed by atoms with E-state index in [2.05, 4.69) is 25.8 Å². The van der Waals surface area contributed by atoms with Gasteiger partial charge in [0, 0.05) is 12.4 Å². The number of nitrogens with zero attached hydrogens (tertiary/aromatic N) is 3. The largest absolute Gasteiger partial charge is 0.373 e. The van der Waals surface area contributed by atoms with Crippen LogP contribution < -0.4 is 10.6 Å². The van der Waals surface area contributed by atoms with E-state index in [1.807, 2.05) is 31.2 Å². The summed E-state index contributed by atoms with van der Waals surface area (Å²) in [6.45, 7) is 1.83. The number of nitrogens with one attached hydrogen (secondary N) is 2. The van der Waals surface area contributed by atoms with Crippen LogP contribution in [0.4, 0.5) is 10.9 Å². The van der Waals surface area contributed by atoms with Crippen LogP contribution in [0.1, 0.15) is 15.5 Å². The van der Waals surface area contributed by atoms with E-state index in [-0.39, 0.29) is 5.91 Å². The number of carbonyl (C=O) groups excluding carboxylic acids is 1.